The van der Waals surface area contributed by atoms with Gasteiger partial charge >= 0.3 is 5.97 Å². The number of carbonyl (C=O) groups excluding carboxylic acids is 14. The van der Waals surface area contributed by atoms with Gasteiger partial charge in [-0.3, -0.25) is 77.2 Å². The number of esters is 1. The summed E-state index contributed by atoms with van der Waals surface area (Å²) >= 11 is 0. The molecular formula is C92H105N17O17. The van der Waals surface area contributed by atoms with E-state index in [0.29, 0.717) is 82.1 Å². The molecular weight excluding hydrogens is 1620 g/mol. The van der Waals surface area contributed by atoms with Crippen LogP contribution >= 0.6 is 0 Å². The van der Waals surface area contributed by atoms with E-state index >= 15 is 19.2 Å². The van der Waals surface area contributed by atoms with Crippen LogP contribution in [0, 0.1) is 10.1 Å². The molecule has 4 saturated carbocycles. The van der Waals surface area contributed by atoms with E-state index in [2.05, 4.69) is 63.4 Å². The highest BCUT2D eigenvalue weighted by molar-refractivity contribution is 6.08. The third kappa shape index (κ3) is 20.9. The third-order valence-corrected chi connectivity index (χ3v) is 25.8. The first-order valence-electron chi connectivity index (χ1n) is 44.1. The highest BCUT2D eigenvalue weighted by atomic mass is 16.6. The monoisotopic (exact) mass is 1720 g/mol. The Bertz CT molecular complexity index is 4840. The van der Waals surface area contributed by atoms with Crippen LogP contribution in [0.4, 0.5) is 22.7 Å². The van der Waals surface area contributed by atoms with E-state index in [0.717, 1.165) is 57.1 Å². The smallest absolute Gasteiger partial charge is 0.306 e. The number of amides is 13. The molecule has 660 valence electrons. The van der Waals surface area contributed by atoms with E-state index in [-0.39, 0.29) is 126 Å². The minimum absolute atomic E-state index is 0.0401. The van der Waals surface area contributed by atoms with Crippen LogP contribution in [-0.4, -0.2) is 221 Å². The average Bonchev–Trinajstić information content (AvgIpc) is 1.73. The molecule has 13 amide bonds. The summed E-state index contributed by atoms with van der Waals surface area (Å²) in [6.45, 7) is 2.40. The number of likely N-dealkylation sites (N-methyl/N-ethyl adjacent to an activating group) is 1. The van der Waals surface area contributed by atoms with E-state index in [1.54, 1.807) is 48.5 Å². The summed E-state index contributed by atoms with van der Waals surface area (Å²) in [6.07, 6.45) is 10.3. The van der Waals surface area contributed by atoms with E-state index in [1.807, 2.05) is 24.0 Å². The topological polar surface area (TPSA) is 449 Å². The predicted octanol–water partition coefficient (Wildman–Crippen LogP) is 8.09. The second kappa shape index (κ2) is 39.7. The fourth-order valence-electron chi connectivity index (χ4n) is 19.0. The molecule has 126 heavy (non-hydrogen) atoms. The summed E-state index contributed by atoms with van der Waals surface area (Å²) in [5.41, 5.74) is 2.33. The van der Waals surface area contributed by atoms with Gasteiger partial charge in [-0.2, -0.15) is 10.2 Å². The number of nitrogens with one attached hydrogen (secondary N) is 10. The van der Waals surface area contributed by atoms with Crippen molar-refractivity contribution in [2.24, 2.45) is 10.2 Å². The van der Waals surface area contributed by atoms with Gasteiger partial charge in [-0.15, -0.1) is 0 Å². The summed E-state index contributed by atoms with van der Waals surface area (Å²) in [5.74, 6) is -8.10. The number of hydrogen-bond donors (Lipinski definition) is 10. The molecule has 4 unspecified atom stereocenters. The maximum Gasteiger partial charge on any atom is 0.306 e. The molecule has 5 heterocycles. The quantitative estimate of drug-likeness (QED) is 0.0178. The number of rotatable bonds is 17. The number of nitrogens with zero attached hydrogens (tertiary/aromatic N) is 7. The maximum absolute atomic E-state index is 15.4. The first kappa shape index (κ1) is 87.6. The van der Waals surface area contributed by atoms with Gasteiger partial charge in [0.25, 0.3) is 64.8 Å². The molecule has 0 aromatic heterocycles. The minimum Gasteiger partial charge on any atom is -0.464 e. The molecule has 5 aliphatic heterocycles. The Morgan fingerprint density at radius 2 is 0.738 bits per heavy atom. The maximum atomic E-state index is 15.4. The molecule has 4 aliphatic carbocycles. The predicted molar refractivity (Wildman–Crippen MR) is 460 cm³/mol. The molecule has 7 fully saturated rings. The zero-order chi connectivity index (χ0) is 88.2. The Morgan fingerprint density at radius 3 is 1.06 bits per heavy atom. The first-order valence-corrected chi connectivity index (χ1v) is 44.1. The van der Waals surface area contributed by atoms with Crippen molar-refractivity contribution in [2.75, 3.05) is 50.8 Å². The van der Waals surface area contributed by atoms with Crippen molar-refractivity contribution in [3.63, 3.8) is 0 Å². The lowest BCUT2D eigenvalue weighted by molar-refractivity contribution is -0.384. The number of non-ortho nitro benzene ring substituents is 1. The van der Waals surface area contributed by atoms with Crippen molar-refractivity contribution >= 4 is 106 Å². The van der Waals surface area contributed by atoms with Crippen LogP contribution in [0.2, 0.25) is 0 Å². The Kier molecular flexibility index (Phi) is 27.6. The second-order valence-electron chi connectivity index (χ2n) is 34.2. The van der Waals surface area contributed by atoms with Gasteiger partial charge < -0.3 is 77.5 Å². The molecule has 10 N–H and O–H groups in total. The lowest BCUT2D eigenvalue weighted by Gasteiger charge is -2.34. The number of carbonyl (C=O) groups is 14. The van der Waals surface area contributed by atoms with Crippen LogP contribution < -0.4 is 58.1 Å². The van der Waals surface area contributed by atoms with Crippen molar-refractivity contribution in [3.05, 3.63) is 199 Å². The van der Waals surface area contributed by atoms with E-state index in [9.17, 15) is 58.1 Å². The second-order valence-corrected chi connectivity index (χ2v) is 34.2. The number of azo groups is 1. The molecule has 8 bridgehead atoms. The Hall–Kier alpha value is -13.3. The average molecular weight is 1720 g/mol. The number of benzene rings is 6. The summed E-state index contributed by atoms with van der Waals surface area (Å²) in [5, 5.41) is 50.3. The zero-order valence-corrected chi connectivity index (χ0v) is 70.2. The lowest BCUT2D eigenvalue weighted by atomic mass is 9.89. The van der Waals surface area contributed by atoms with Gasteiger partial charge in [-0.1, -0.05) is 63.5 Å². The number of ether oxygens (including phenoxy) is 1. The molecule has 6 aromatic carbocycles. The van der Waals surface area contributed by atoms with E-state index in [1.165, 1.54) is 87.5 Å². The number of nitro groups is 1. The van der Waals surface area contributed by atoms with Gasteiger partial charge in [-0.25, -0.2) is 0 Å². The van der Waals surface area contributed by atoms with Gasteiger partial charge in [-0.05, 0) is 193 Å². The van der Waals surface area contributed by atoms with Gasteiger partial charge in [0.05, 0.1) is 41.3 Å². The Morgan fingerprint density at radius 1 is 0.421 bits per heavy atom. The summed E-state index contributed by atoms with van der Waals surface area (Å²) in [4.78, 5) is 221. The number of fused-ring (bicyclic) bond motifs is 12. The lowest BCUT2D eigenvalue weighted by Crippen LogP contribution is -2.57. The normalized spacial score (nSPS) is 24.8. The first-order chi connectivity index (χ1) is 60.9. The summed E-state index contributed by atoms with van der Waals surface area (Å²) < 4.78 is 5.67. The SMILES string of the molecule is CCN(CCOC(=O)CCC(=O)N1C[C@@H](NC(=O)[C@@H]2CCCN2C(=O)c2cc3cc(c2)C(=O)N[C@@H]2CCCCC2NC(=O)c2cccc(c2)C(=O)N[C@@H]2CCCCC2NC3=O)[C@H](NC(=O)[C@@H]2CCCN2C(=O)c2cc3cc(c2)C(=O)N[C@@H]2CCCCC2NC(=O)c2cccc(c2)C(=O)N[C@@H]2CCCCC2NC3=O)C1)c1ccc(N=Nc2ccc([N+](=O)[O-])cc2)cc1. The molecule has 15 rings (SSSR count). The molecule has 6 aromatic rings. The molecule has 34 heteroatoms. The molecule has 0 radical (unpaired) electrons. The molecule has 0 spiro atoms. The Labute approximate surface area is 727 Å². The van der Waals surface area contributed by atoms with Crippen LogP contribution in [0.5, 0.6) is 0 Å². The molecule has 3 saturated heterocycles. The largest absolute Gasteiger partial charge is 0.464 e. The standard InChI is InChI=1S/C92H105N17O17/c1-2-105(65-33-29-63(30-34-65)103-104-64-31-35-66(36-32-64)109(124)125)41-42-126-80(111)38-37-79(110)106-51-75(101-89(120)77-27-13-39-107(77)91(122)61-47-57-45-58(48-61)86(117)98-72-24-8-4-20-68(72)94-82(113)54-16-11-15-53(43-54)81(112)93-67-19-3-7-23-71(67)97-85(57)116)76(52-106)102-90(121)78-28-14-40-108(78)92(123)62-49-59-46-60(50-62)88(119)100-74-26-10-6-22-70(74)96-84(115)56-18-12-17-55(44-56)83(114)95-69-21-5-9-25-73(69)99-87(59)118/h11-12,15-18,29-36,43-50,67-78H,2-10,13-14,19-28,37-42,51-52H2,1H3,(H,93,112)(H,94,113)(H,95,114)(H,96,115)(H,97,116)(H,98,117)(H,99,118)(H,100,119)(H,101,120)(H,102,121)/t67-,68?,69-,70?,71?,72-,73?,74-,75-,76-,77+,78+/m1/s1. The van der Waals surface area contributed by atoms with Gasteiger partial charge in [0.2, 0.25) is 17.7 Å². The fraction of sp³-hybridized carbons (Fsp3) is 0.457. The molecule has 12 atom stereocenters. The van der Waals surface area contributed by atoms with E-state index < -0.39 is 160 Å². The van der Waals surface area contributed by atoms with Crippen LogP contribution in [-0.2, 0) is 23.9 Å². The van der Waals surface area contributed by atoms with Gasteiger partial charge in [0, 0.05) is 161 Å². The van der Waals surface area contributed by atoms with Crippen molar-refractivity contribution in [2.45, 2.75) is 221 Å². The van der Waals surface area contributed by atoms with Crippen LogP contribution in [0.15, 0.2) is 144 Å². The molecule has 9 aliphatic rings. The van der Waals surface area contributed by atoms with Crippen LogP contribution in [0.1, 0.15) is 252 Å². The summed E-state index contributed by atoms with van der Waals surface area (Å²) in [7, 11) is 0. The Balaban J connectivity index is 0.666. The van der Waals surface area contributed by atoms with Gasteiger partial charge in [0.15, 0.2) is 0 Å². The molecule has 34 nitrogen and oxygen atoms in total. The number of anilines is 1. The fourth-order valence-corrected chi connectivity index (χ4v) is 19.0. The number of nitro benzene ring substituents is 1. The highest BCUT2D eigenvalue weighted by Gasteiger charge is 2.45. The summed E-state index contributed by atoms with van der Waals surface area (Å²) in [6, 6.07) is 24.9. The van der Waals surface area contributed by atoms with Crippen molar-refractivity contribution in [1.29, 1.82) is 0 Å². The third-order valence-electron chi connectivity index (χ3n) is 25.8. The van der Waals surface area contributed by atoms with Crippen molar-refractivity contribution < 1.29 is 76.8 Å². The number of hydrogen-bond acceptors (Lipinski definition) is 20. The highest BCUT2D eigenvalue weighted by Crippen LogP contribution is 2.32. The van der Waals surface area contributed by atoms with Crippen molar-refractivity contribution in [3.8, 4) is 0 Å². The van der Waals surface area contributed by atoms with Gasteiger partial charge in [0.1, 0.15) is 18.7 Å². The minimum atomic E-state index is -1.17. The van der Waals surface area contributed by atoms with Crippen molar-refractivity contribution in [1.82, 2.24) is 67.9 Å². The number of likely N-dealkylation sites (tertiary alicyclic amines) is 3. The van der Waals surface area contributed by atoms with Crippen LogP contribution in [0.25, 0.3) is 0 Å². The van der Waals surface area contributed by atoms with Crippen LogP contribution in [0.3, 0.4) is 0 Å². The zero-order valence-electron chi connectivity index (χ0n) is 70.2. The van der Waals surface area contributed by atoms with E-state index in [4.69, 9.17) is 4.74 Å².